The maximum absolute atomic E-state index is 12.3. The maximum Gasteiger partial charge on any atom is 0.549 e. The van der Waals surface area contributed by atoms with Crippen LogP contribution in [0.15, 0.2) is 24.3 Å². The van der Waals surface area contributed by atoms with Crippen molar-refractivity contribution in [1.82, 2.24) is 0 Å². The molecule has 3 N–H and O–H groups in total. The number of aliphatic hydroxyl groups is 2. The van der Waals surface area contributed by atoms with Crippen molar-refractivity contribution >= 4 is 7.99 Å². The van der Waals surface area contributed by atoms with Crippen LogP contribution in [-0.2, 0) is 4.57 Å². The second kappa shape index (κ2) is 6.65. The molecule has 1 aromatic rings. The normalized spacial score (nSPS) is 12.6. The van der Waals surface area contributed by atoms with Crippen molar-refractivity contribution in [2.45, 2.75) is 6.10 Å². The first-order valence-corrected chi connectivity index (χ1v) is 5.44. The molecular formula is C8H10F3O4P. The van der Waals surface area contributed by atoms with Crippen LogP contribution in [0.1, 0.15) is 11.7 Å². The number of aliphatic hydroxyl groups excluding tert-OH is 2. The largest absolute Gasteiger partial charge is 0.549 e. The van der Waals surface area contributed by atoms with E-state index in [1.165, 1.54) is 24.3 Å². The summed E-state index contributed by atoms with van der Waals surface area (Å²) < 4.78 is 41.0. The van der Waals surface area contributed by atoms with Crippen LogP contribution in [0, 0.1) is 5.82 Å². The fourth-order valence-corrected chi connectivity index (χ4v) is 0.790. The van der Waals surface area contributed by atoms with Crippen LogP contribution in [0.4, 0.5) is 12.8 Å². The molecule has 92 valence electrons. The van der Waals surface area contributed by atoms with Gasteiger partial charge in [-0.25, -0.2) is 8.96 Å². The molecule has 0 fully saturated rings. The van der Waals surface area contributed by atoms with Gasteiger partial charge in [-0.3, -0.25) is 4.89 Å². The molecule has 0 saturated heterocycles. The smallest absolute Gasteiger partial charge is 0.393 e. The quantitative estimate of drug-likeness (QED) is 0.708. The van der Waals surface area contributed by atoms with Crippen LogP contribution in [0.2, 0.25) is 0 Å². The minimum absolute atomic E-state index is 0.342. The Morgan fingerprint density at radius 3 is 1.94 bits per heavy atom. The molecule has 8 heteroatoms. The van der Waals surface area contributed by atoms with Crippen LogP contribution in [0.25, 0.3) is 0 Å². The molecule has 0 aliphatic carbocycles. The van der Waals surface area contributed by atoms with Gasteiger partial charge < -0.3 is 10.2 Å². The zero-order valence-corrected chi connectivity index (χ0v) is 8.82. The summed E-state index contributed by atoms with van der Waals surface area (Å²) in [4.78, 5) is 6.74. The third-order valence-electron chi connectivity index (χ3n) is 1.43. The van der Waals surface area contributed by atoms with E-state index < -0.39 is 14.1 Å². The minimum Gasteiger partial charge on any atom is -0.393 e. The van der Waals surface area contributed by atoms with Gasteiger partial charge in [-0.15, -0.1) is 8.39 Å². The van der Waals surface area contributed by atoms with Gasteiger partial charge in [-0.1, -0.05) is 12.1 Å². The lowest BCUT2D eigenvalue weighted by molar-refractivity contribution is 0.0955. The highest BCUT2D eigenvalue weighted by Crippen LogP contribution is 2.43. The highest BCUT2D eigenvalue weighted by Gasteiger charge is 2.09. The summed E-state index contributed by atoms with van der Waals surface area (Å²) in [5.74, 6) is -0.348. The third-order valence-corrected chi connectivity index (χ3v) is 1.43. The SMILES string of the molecule is O=P(O)(F)F.OCC(O)c1ccc(F)cc1. The highest BCUT2D eigenvalue weighted by molar-refractivity contribution is 7.46. The molecule has 0 amide bonds. The Labute approximate surface area is 89.7 Å². The molecule has 0 aliphatic heterocycles. The van der Waals surface area contributed by atoms with E-state index >= 15 is 0 Å². The van der Waals surface area contributed by atoms with Crippen molar-refractivity contribution in [3.8, 4) is 0 Å². The Bertz CT molecular complexity index is 343. The maximum atomic E-state index is 12.3. The average molecular weight is 258 g/mol. The van der Waals surface area contributed by atoms with E-state index in [4.69, 9.17) is 19.7 Å². The van der Waals surface area contributed by atoms with E-state index in [1.807, 2.05) is 0 Å². The summed E-state index contributed by atoms with van der Waals surface area (Å²) in [6.45, 7) is -0.342. The van der Waals surface area contributed by atoms with E-state index in [2.05, 4.69) is 0 Å². The number of hydrogen-bond acceptors (Lipinski definition) is 3. The zero-order valence-electron chi connectivity index (χ0n) is 7.92. The summed E-state index contributed by atoms with van der Waals surface area (Å²) in [7, 11) is -5.64. The second-order valence-corrected chi connectivity index (χ2v) is 3.55. The van der Waals surface area contributed by atoms with E-state index in [0.717, 1.165) is 0 Å². The van der Waals surface area contributed by atoms with Gasteiger partial charge in [0.2, 0.25) is 0 Å². The lowest BCUT2D eigenvalue weighted by atomic mass is 10.1. The van der Waals surface area contributed by atoms with Crippen LogP contribution in [-0.4, -0.2) is 21.7 Å². The summed E-state index contributed by atoms with van der Waals surface area (Å²) in [6, 6.07) is 5.37. The summed E-state index contributed by atoms with van der Waals surface area (Å²) in [5, 5.41) is 17.6. The summed E-state index contributed by atoms with van der Waals surface area (Å²) >= 11 is 0. The fraction of sp³-hybridized carbons (Fsp3) is 0.250. The number of hydrogen-bond donors (Lipinski definition) is 3. The Morgan fingerprint density at radius 2 is 1.62 bits per heavy atom. The van der Waals surface area contributed by atoms with Crippen molar-refractivity contribution in [3.05, 3.63) is 35.6 Å². The molecule has 0 saturated carbocycles. The molecule has 1 unspecified atom stereocenters. The minimum atomic E-state index is -5.64. The Balaban J connectivity index is 0.000000385. The van der Waals surface area contributed by atoms with Gasteiger partial charge in [0.1, 0.15) is 11.9 Å². The predicted molar refractivity (Wildman–Crippen MR) is 50.5 cm³/mol. The first kappa shape index (κ1) is 15.1. The molecule has 0 radical (unpaired) electrons. The molecule has 4 nitrogen and oxygen atoms in total. The van der Waals surface area contributed by atoms with Crippen molar-refractivity contribution in [2.75, 3.05) is 6.61 Å². The van der Waals surface area contributed by atoms with Crippen LogP contribution in [0.5, 0.6) is 0 Å². The molecule has 0 aliphatic rings. The van der Waals surface area contributed by atoms with Gasteiger partial charge in [0, 0.05) is 0 Å². The third kappa shape index (κ3) is 8.43. The standard InChI is InChI=1S/C8H9FO2.F2HO2P/c9-7-3-1-6(2-4-7)8(11)5-10;1-5(2,3)4/h1-4,8,10-11H,5H2;(H,3,4). The topological polar surface area (TPSA) is 77.8 Å². The molecular weight excluding hydrogens is 248 g/mol. The van der Waals surface area contributed by atoms with Crippen LogP contribution in [0.3, 0.4) is 0 Å². The van der Waals surface area contributed by atoms with Gasteiger partial charge in [0.05, 0.1) is 6.61 Å². The van der Waals surface area contributed by atoms with E-state index in [0.29, 0.717) is 5.56 Å². The second-order valence-electron chi connectivity index (χ2n) is 2.68. The van der Waals surface area contributed by atoms with Crippen molar-refractivity contribution < 1.29 is 32.5 Å². The van der Waals surface area contributed by atoms with Crippen LogP contribution >= 0.6 is 7.99 Å². The molecule has 0 aromatic heterocycles. The van der Waals surface area contributed by atoms with Crippen molar-refractivity contribution in [3.63, 3.8) is 0 Å². The molecule has 1 rings (SSSR count). The number of benzene rings is 1. The van der Waals surface area contributed by atoms with E-state index in [1.54, 1.807) is 0 Å². The first-order chi connectivity index (χ1) is 7.24. The van der Waals surface area contributed by atoms with Crippen molar-refractivity contribution in [1.29, 1.82) is 0 Å². The Morgan fingerprint density at radius 1 is 1.25 bits per heavy atom. The number of rotatable bonds is 2. The van der Waals surface area contributed by atoms with Gasteiger partial charge in [-0.2, -0.15) is 0 Å². The molecule has 1 atom stereocenters. The number of halogens is 3. The van der Waals surface area contributed by atoms with Gasteiger partial charge in [0.25, 0.3) is 0 Å². The van der Waals surface area contributed by atoms with Gasteiger partial charge >= 0.3 is 7.99 Å². The molecule has 0 heterocycles. The monoisotopic (exact) mass is 258 g/mol. The summed E-state index contributed by atoms with van der Waals surface area (Å²) in [5.41, 5.74) is 0.522. The molecule has 0 bridgehead atoms. The molecule has 16 heavy (non-hydrogen) atoms. The Kier molecular flexibility index (Phi) is 6.28. The summed E-state index contributed by atoms with van der Waals surface area (Å²) in [6.07, 6.45) is -0.907. The zero-order chi connectivity index (χ0) is 12.8. The molecule has 0 spiro atoms. The first-order valence-electron chi connectivity index (χ1n) is 4.00. The van der Waals surface area contributed by atoms with Crippen LogP contribution < -0.4 is 0 Å². The van der Waals surface area contributed by atoms with Gasteiger partial charge in [0.15, 0.2) is 0 Å². The lowest BCUT2D eigenvalue weighted by Crippen LogP contribution is -2.01. The van der Waals surface area contributed by atoms with E-state index in [9.17, 15) is 12.8 Å². The highest BCUT2D eigenvalue weighted by atomic mass is 31.2. The van der Waals surface area contributed by atoms with Gasteiger partial charge in [-0.05, 0) is 17.7 Å². The van der Waals surface area contributed by atoms with E-state index in [-0.39, 0.29) is 12.4 Å². The van der Waals surface area contributed by atoms with Crippen molar-refractivity contribution in [2.24, 2.45) is 0 Å². The fourth-order valence-electron chi connectivity index (χ4n) is 0.790. The lowest BCUT2D eigenvalue weighted by Gasteiger charge is -2.05. The average Bonchev–Trinajstić information content (AvgIpc) is 2.15. The predicted octanol–water partition coefficient (Wildman–Crippen LogP) is 1.88. The molecule has 1 aromatic carbocycles. The Hall–Kier alpha value is -0.880.